The molecule has 2 N–H and O–H groups in total. The number of hydrogen-bond acceptors (Lipinski definition) is 4. The second-order valence-electron chi connectivity index (χ2n) is 6.41. The molecule has 3 nitrogen and oxygen atoms in total. The Bertz CT molecular complexity index is 453. The molecule has 1 aliphatic carbocycles. The number of nitrogens with zero attached hydrogens (tertiary/aromatic N) is 1. The first kappa shape index (κ1) is 15.9. The van der Waals surface area contributed by atoms with Gasteiger partial charge in [0.25, 0.3) is 0 Å². The fourth-order valence-corrected chi connectivity index (χ4v) is 5.33. The third-order valence-electron chi connectivity index (χ3n) is 4.96. The van der Waals surface area contributed by atoms with Crippen LogP contribution < -0.4 is 5.32 Å². The molecule has 2 aliphatic rings. The summed E-state index contributed by atoms with van der Waals surface area (Å²) in [6, 6.07) is 4.32. The van der Waals surface area contributed by atoms with Gasteiger partial charge >= 0.3 is 0 Å². The molecule has 1 atom stereocenters. The first-order chi connectivity index (χ1) is 10.2. The van der Waals surface area contributed by atoms with Gasteiger partial charge < -0.3 is 15.3 Å². The van der Waals surface area contributed by atoms with Gasteiger partial charge in [-0.15, -0.1) is 11.3 Å². The maximum absolute atomic E-state index is 11.3. The maximum Gasteiger partial charge on any atom is 0.0736 e. The molecule has 2 heterocycles. The molecule has 0 aromatic carbocycles. The van der Waals surface area contributed by atoms with E-state index in [9.17, 15) is 5.11 Å². The molecule has 3 rings (SSSR count). The predicted molar refractivity (Wildman–Crippen MR) is 92.1 cm³/mol. The van der Waals surface area contributed by atoms with Gasteiger partial charge in [0.15, 0.2) is 0 Å². The van der Waals surface area contributed by atoms with Gasteiger partial charge in [0.05, 0.1) is 9.39 Å². The van der Waals surface area contributed by atoms with Crippen molar-refractivity contribution < 1.29 is 5.11 Å². The van der Waals surface area contributed by atoms with Gasteiger partial charge in [-0.2, -0.15) is 0 Å². The normalized spacial score (nSPS) is 24.9. The number of aliphatic hydroxyl groups is 1. The summed E-state index contributed by atoms with van der Waals surface area (Å²) in [5, 5.41) is 14.7. The molecule has 118 valence electrons. The zero-order valence-electron chi connectivity index (χ0n) is 12.5. The monoisotopic (exact) mass is 372 g/mol. The highest BCUT2D eigenvalue weighted by molar-refractivity contribution is 9.11. The van der Waals surface area contributed by atoms with Gasteiger partial charge in [-0.3, -0.25) is 0 Å². The average Bonchev–Trinajstić information content (AvgIpc) is 2.93. The highest BCUT2D eigenvalue weighted by Gasteiger charge is 2.40. The van der Waals surface area contributed by atoms with E-state index in [4.69, 9.17) is 0 Å². The number of rotatable bonds is 4. The van der Waals surface area contributed by atoms with E-state index < -0.39 is 5.60 Å². The van der Waals surface area contributed by atoms with E-state index in [0.717, 1.165) is 45.6 Å². The lowest BCUT2D eigenvalue weighted by Gasteiger charge is -2.42. The summed E-state index contributed by atoms with van der Waals surface area (Å²) in [5.74, 6) is 0.257. The van der Waals surface area contributed by atoms with Gasteiger partial charge in [-0.05, 0) is 40.9 Å². The number of piperazine rings is 1. The first-order valence-electron chi connectivity index (χ1n) is 8.08. The van der Waals surface area contributed by atoms with Crippen LogP contribution in [0.4, 0.5) is 0 Å². The topological polar surface area (TPSA) is 35.5 Å². The molecular weight excluding hydrogens is 348 g/mol. The molecule has 5 heteroatoms. The summed E-state index contributed by atoms with van der Waals surface area (Å²) in [6.07, 6.45) is 5.53. The zero-order chi connectivity index (χ0) is 14.7. The second kappa shape index (κ2) is 7.09. The average molecular weight is 373 g/mol. The lowest BCUT2D eigenvalue weighted by molar-refractivity contribution is -0.0306. The Kier molecular flexibility index (Phi) is 5.38. The van der Waals surface area contributed by atoms with E-state index in [1.54, 1.807) is 11.3 Å². The minimum absolute atomic E-state index is 0.257. The molecule has 1 unspecified atom stereocenters. The van der Waals surface area contributed by atoms with Crippen LogP contribution in [0.2, 0.25) is 0 Å². The summed E-state index contributed by atoms with van der Waals surface area (Å²) in [7, 11) is 0. The SMILES string of the molecule is OC1(C(CN2CCNCC2)c2ccc(Br)s2)CCCCC1. The summed E-state index contributed by atoms with van der Waals surface area (Å²) in [5.41, 5.74) is -0.507. The summed E-state index contributed by atoms with van der Waals surface area (Å²) < 4.78 is 1.17. The zero-order valence-corrected chi connectivity index (χ0v) is 14.9. The third-order valence-corrected chi connectivity index (χ3v) is 6.69. The van der Waals surface area contributed by atoms with Crippen LogP contribution in [0.5, 0.6) is 0 Å². The van der Waals surface area contributed by atoms with Crippen molar-refractivity contribution in [2.75, 3.05) is 32.7 Å². The Morgan fingerprint density at radius 2 is 1.95 bits per heavy atom. The molecule has 21 heavy (non-hydrogen) atoms. The standard InChI is InChI=1S/C16H25BrN2OS/c17-15-5-4-14(21-15)13(12-19-10-8-18-9-11-19)16(20)6-2-1-3-7-16/h4-5,13,18,20H,1-3,6-12H2. The van der Waals surface area contributed by atoms with E-state index in [1.807, 2.05) is 0 Å². The Labute approximate surface area is 139 Å². The van der Waals surface area contributed by atoms with E-state index in [2.05, 4.69) is 38.3 Å². The Hall–Kier alpha value is 0.0600. The van der Waals surface area contributed by atoms with Crippen LogP contribution in [0, 0.1) is 0 Å². The van der Waals surface area contributed by atoms with Crippen molar-refractivity contribution in [2.24, 2.45) is 0 Å². The van der Waals surface area contributed by atoms with Crippen LogP contribution in [0.15, 0.2) is 15.9 Å². The molecule has 0 radical (unpaired) electrons. The van der Waals surface area contributed by atoms with Crippen LogP contribution in [0.1, 0.15) is 42.9 Å². The summed E-state index contributed by atoms with van der Waals surface area (Å²) in [6.45, 7) is 5.32. The van der Waals surface area contributed by atoms with E-state index >= 15 is 0 Å². The lowest BCUT2D eigenvalue weighted by Crippen LogP contribution is -2.49. The Morgan fingerprint density at radius 3 is 2.57 bits per heavy atom. The molecule has 1 aliphatic heterocycles. The van der Waals surface area contributed by atoms with Crippen LogP contribution in [-0.2, 0) is 0 Å². The highest BCUT2D eigenvalue weighted by atomic mass is 79.9. The van der Waals surface area contributed by atoms with Crippen molar-refractivity contribution in [1.82, 2.24) is 10.2 Å². The first-order valence-corrected chi connectivity index (χ1v) is 9.69. The van der Waals surface area contributed by atoms with Crippen molar-refractivity contribution in [3.63, 3.8) is 0 Å². The molecule has 2 fully saturated rings. The number of halogens is 1. The van der Waals surface area contributed by atoms with E-state index in [0.29, 0.717) is 0 Å². The van der Waals surface area contributed by atoms with Crippen LogP contribution in [0.3, 0.4) is 0 Å². The second-order valence-corrected chi connectivity index (χ2v) is 8.90. The van der Waals surface area contributed by atoms with Crippen molar-refractivity contribution in [3.05, 3.63) is 20.8 Å². The maximum atomic E-state index is 11.3. The van der Waals surface area contributed by atoms with E-state index in [1.165, 1.54) is 27.9 Å². The van der Waals surface area contributed by atoms with Crippen molar-refractivity contribution in [3.8, 4) is 0 Å². The van der Waals surface area contributed by atoms with Gasteiger partial charge in [0.1, 0.15) is 0 Å². The van der Waals surface area contributed by atoms with Crippen LogP contribution >= 0.6 is 27.3 Å². The van der Waals surface area contributed by atoms with Gasteiger partial charge in [-0.25, -0.2) is 0 Å². The van der Waals surface area contributed by atoms with Crippen molar-refractivity contribution in [1.29, 1.82) is 0 Å². The predicted octanol–water partition coefficient (Wildman–Crippen LogP) is 3.19. The molecule has 1 aromatic rings. The molecule has 0 bridgehead atoms. The largest absolute Gasteiger partial charge is 0.389 e. The quantitative estimate of drug-likeness (QED) is 0.851. The minimum Gasteiger partial charge on any atom is -0.389 e. The molecular formula is C16H25BrN2OS. The molecule has 0 amide bonds. The number of thiophene rings is 1. The summed E-state index contributed by atoms with van der Waals surface area (Å²) >= 11 is 5.37. The minimum atomic E-state index is -0.507. The lowest BCUT2D eigenvalue weighted by atomic mass is 9.74. The fourth-order valence-electron chi connectivity index (χ4n) is 3.70. The van der Waals surface area contributed by atoms with Crippen molar-refractivity contribution in [2.45, 2.75) is 43.6 Å². The molecule has 0 spiro atoms. The molecule has 1 saturated carbocycles. The highest BCUT2D eigenvalue weighted by Crippen LogP contribution is 2.43. The molecule has 1 aromatic heterocycles. The van der Waals surface area contributed by atoms with Gasteiger partial charge in [0, 0.05) is 43.5 Å². The number of hydrogen-bond donors (Lipinski definition) is 2. The molecule has 1 saturated heterocycles. The third kappa shape index (κ3) is 3.88. The van der Waals surface area contributed by atoms with Crippen LogP contribution in [0.25, 0.3) is 0 Å². The van der Waals surface area contributed by atoms with Crippen molar-refractivity contribution >= 4 is 27.3 Å². The smallest absolute Gasteiger partial charge is 0.0736 e. The Balaban J connectivity index is 1.79. The Morgan fingerprint density at radius 1 is 1.24 bits per heavy atom. The fraction of sp³-hybridized carbons (Fsp3) is 0.750. The van der Waals surface area contributed by atoms with Gasteiger partial charge in [0.2, 0.25) is 0 Å². The van der Waals surface area contributed by atoms with Gasteiger partial charge in [-0.1, -0.05) is 19.3 Å². The summed E-state index contributed by atoms with van der Waals surface area (Å²) in [4.78, 5) is 3.85. The number of nitrogens with one attached hydrogen (secondary N) is 1. The van der Waals surface area contributed by atoms with Crippen LogP contribution in [-0.4, -0.2) is 48.3 Å². The van der Waals surface area contributed by atoms with E-state index in [-0.39, 0.29) is 5.92 Å².